The van der Waals surface area contributed by atoms with Crippen molar-refractivity contribution in [3.8, 4) is 0 Å². The molecule has 2 aromatic rings. The first-order chi connectivity index (χ1) is 12.0. The highest BCUT2D eigenvalue weighted by Gasteiger charge is 2.25. The van der Waals surface area contributed by atoms with Gasteiger partial charge in [0.15, 0.2) is 0 Å². The fourth-order valence-corrected chi connectivity index (χ4v) is 3.80. The first kappa shape index (κ1) is 17.8. The van der Waals surface area contributed by atoms with Crippen LogP contribution >= 0.6 is 11.3 Å². The predicted octanol–water partition coefficient (Wildman–Crippen LogP) is 2.56. The number of carbonyl (C=O) groups excluding carboxylic acids is 1. The quantitative estimate of drug-likeness (QED) is 0.889. The molecule has 0 saturated carbocycles. The van der Waals surface area contributed by atoms with E-state index in [1.807, 2.05) is 6.92 Å². The third-order valence-electron chi connectivity index (χ3n) is 4.46. The highest BCUT2D eigenvalue weighted by Crippen LogP contribution is 2.21. The summed E-state index contributed by atoms with van der Waals surface area (Å²) in [5.74, 6) is -0.0187. The van der Waals surface area contributed by atoms with E-state index in [0.717, 1.165) is 31.1 Å². The summed E-state index contributed by atoms with van der Waals surface area (Å²) in [5, 5.41) is 12.4. The zero-order valence-electron chi connectivity index (χ0n) is 15.0. The summed E-state index contributed by atoms with van der Waals surface area (Å²) in [6.07, 6.45) is 0.839. The van der Waals surface area contributed by atoms with Gasteiger partial charge in [0.05, 0.1) is 6.54 Å². The lowest BCUT2D eigenvalue weighted by Gasteiger charge is -2.41. The minimum atomic E-state index is -0.0187. The van der Waals surface area contributed by atoms with E-state index in [9.17, 15) is 4.79 Å². The van der Waals surface area contributed by atoms with Gasteiger partial charge >= 0.3 is 0 Å². The number of aryl methyl sites for hydroxylation is 2. The van der Waals surface area contributed by atoms with Crippen molar-refractivity contribution in [1.29, 1.82) is 0 Å². The monoisotopic (exact) mass is 359 g/mol. The maximum atomic E-state index is 12.2. The van der Waals surface area contributed by atoms with Crippen LogP contribution in [0.1, 0.15) is 24.4 Å². The maximum absolute atomic E-state index is 12.2. The normalized spacial score (nSPS) is 18.4. The summed E-state index contributed by atoms with van der Waals surface area (Å²) >= 11 is 1.44. The molecule has 134 valence electrons. The Kier molecular flexibility index (Phi) is 5.65. The lowest BCUT2D eigenvalue weighted by atomic mass is 10.1. The van der Waals surface area contributed by atoms with Crippen LogP contribution in [0, 0.1) is 6.92 Å². The largest absolute Gasteiger partial charge is 0.366 e. The van der Waals surface area contributed by atoms with Crippen LogP contribution in [0.3, 0.4) is 0 Å². The van der Waals surface area contributed by atoms with Gasteiger partial charge in [0.25, 0.3) is 0 Å². The number of piperazine rings is 1. The van der Waals surface area contributed by atoms with E-state index in [1.54, 1.807) is 0 Å². The van der Waals surface area contributed by atoms with Gasteiger partial charge in [-0.1, -0.05) is 36.0 Å². The average Bonchev–Trinajstić information content (AvgIpc) is 3.03. The Bertz CT molecular complexity index is 715. The molecule has 7 heteroatoms. The van der Waals surface area contributed by atoms with Crippen LogP contribution in [0.4, 0.5) is 10.8 Å². The molecule has 0 unspecified atom stereocenters. The molecule has 3 rings (SSSR count). The van der Waals surface area contributed by atoms with Crippen molar-refractivity contribution in [2.24, 2.45) is 0 Å². The number of nitrogens with zero attached hydrogens (tertiary/aromatic N) is 4. The predicted molar refractivity (Wildman–Crippen MR) is 102 cm³/mol. The van der Waals surface area contributed by atoms with Gasteiger partial charge in [-0.05, 0) is 32.4 Å². The minimum Gasteiger partial charge on any atom is -0.366 e. The van der Waals surface area contributed by atoms with Crippen LogP contribution in [0.25, 0.3) is 0 Å². The number of aromatic nitrogens is 2. The molecule has 6 nitrogen and oxygen atoms in total. The summed E-state index contributed by atoms with van der Waals surface area (Å²) in [5.41, 5.74) is 2.53. The van der Waals surface area contributed by atoms with Crippen LogP contribution < -0.4 is 10.2 Å². The number of nitrogens with one attached hydrogen (secondary N) is 1. The van der Waals surface area contributed by atoms with Gasteiger partial charge in [-0.3, -0.25) is 15.0 Å². The van der Waals surface area contributed by atoms with Crippen molar-refractivity contribution < 1.29 is 4.79 Å². The molecular weight excluding hydrogens is 334 g/mol. The summed E-state index contributed by atoms with van der Waals surface area (Å²) in [7, 11) is 0. The van der Waals surface area contributed by atoms with Crippen molar-refractivity contribution in [2.75, 3.05) is 36.4 Å². The topological polar surface area (TPSA) is 61.4 Å². The molecule has 1 aliphatic rings. The molecule has 1 amide bonds. The first-order valence-corrected chi connectivity index (χ1v) is 9.54. The molecule has 1 fully saturated rings. The Morgan fingerprint density at radius 2 is 2.04 bits per heavy atom. The second kappa shape index (κ2) is 7.93. The highest BCUT2D eigenvalue weighted by molar-refractivity contribution is 7.15. The molecule has 0 spiro atoms. The van der Waals surface area contributed by atoms with Crippen molar-refractivity contribution >= 4 is 28.1 Å². The van der Waals surface area contributed by atoms with E-state index < -0.39 is 0 Å². The Labute approximate surface area is 152 Å². The number of carbonyl (C=O) groups is 1. The Morgan fingerprint density at radius 1 is 1.28 bits per heavy atom. The molecule has 0 radical (unpaired) electrons. The zero-order chi connectivity index (χ0) is 17.8. The molecule has 0 aliphatic carbocycles. The number of hydrogen-bond acceptors (Lipinski definition) is 6. The Morgan fingerprint density at radius 3 is 2.68 bits per heavy atom. The fraction of sp³-hybridized carbons (Fsp3) is 0.500. The molecule has 1 N–H and O–H groups in total. The lowest BCUT2D eigenvalue weighted by molar-refractivity contribution is -0.117. The van der Waals surface area contributed by atoms with Crippen LogP contribution in [0.5, 0.6) is 0 Å². The minimum absolute atomic E-state index is 0.0187. The van der Waals surface area contributed by atoms with Crippen LogP contribution in [0.2, 0.25) is 0 Å². The van der Waals surface area contributed by atoms with Gasteiger partial charge in [-0.25, -0.2) is 0 Å². The molecule has 1 atom stereocenters. The van der Waals surface area contributed by atoms with Gasteiger partial charge in [-0.15, -0.1) is 10.2 Å². The van der Waals surface area contributed by atoms with Crippen LogP contribution in [-0.2, 0) is 11.2 Å². The third kappa shape index (κ3) is 4.55. The van der Waals surface area contributed by atoms with Gasteiger partial charge < -0.3 is 4.90 Å². The highest BCUT2D eigenvalue weighted by atomic mass is 32.1. The van der Waals surface area contributed by atoms with E-state index >= 15 is 0 Å². The maximum Gasteiger partial charge on any atom is 0.240 e. The third-order valence-corrected chi connectivity index (χ3v) is 5.44. The van der Waals surface area contributed by atoms with Crippen LogP contribution in [0.15, 0.2) is 24.3 Å². The molecule has 1 aromatic carbocycles. The smallest absolute Gasteiger partial charge is 0.240 e. The van der Waals surface area contributed by atoms with Crippen LogP contribution in [-0.4, -0.2) is 53.2 Å². The molecule has 2 heterocycles. The van der Waals surface area contributed by atoms with Crippen molar-refractivity contribution in [1.82, 2.24) is 15.1 Å². The summed E-state index contributed by atoms with van der Waals surface area (Å²) in [6.45, 7) is 9.41. The Hall–Kier alpha value is -1.99. The molecule has 1 aromatic heterocycles. The molecule has 0 bridgehead atoms. The Balaban J connectivity index is 1.52. The van der Waals surface area contributed by atoms with Gasteiger partial charge in [0.1, 0.15) is 5.01 Å². The zero-order valence-corrected chi connectivity index (χ0v) is 15.8. The van der Waals surface area contributed by atoms with Crippen molar-refractivity contribution in [2.45, 2.75) is 33.2 Å². The standard InChI is InChI=1S/C18H25N5OS/c1-4-17-20-21-18(25-17)19-16(24)12-22-9-10-23(14(3)11-22)15-7-5-13(2)6-8-15/h5-8,14H,4,9-12H2,1-3H3,(H,19,21,24)/t14-/m0/s1. The van der Waals surface area contributed by atoms with E-state index in [4.69, 9.17) is 0 Å². The lowest BCUT2D eigenvalue weighted by Crippen LogP contribution is -2.53. The summed E-state index contributed by atoms with van der Waals surface area (Å²) < 4.78 is 0. The van der Waals surface area contributed by atoms with E-state index in [-0.39, 0.29) is 5.91 Å². The van der Waals surface area contributed by atoms with E-state index in [2.05, 4.69) is 63.4 Å². The average molecular weight is 359 g/mol. The van der Waals surface area contributed by atoms with Gasteiger partial charge in [0, 0.05) is 31.4 Å². The number of amides is 1. The SMILES string of the molecule is CCc1nnc(NC(=O)CN2CCN(c3ccc(C)cc3)[C@@H](C)C2)s1. The summed E-state index contributed by atoms with van der Waals surface area (Å²) in [6, 6.07) is 9.02. The van der Waals surface area contributed by atoms with E-state index in [0.29, 0.717) is 17.7 Å². The second-order valence-electron chi connectivity index (χ2n) is 6.52. The number of rotatable bonds is 5. The second-order valence-corrected chi connectivity index (χ2v) is 7.58. The summed E-state index contributed by atoms with van der Waals surface area (Å²) in [4.78, 5) is 16.9. The molecular formula is C18H25N5OS. The number of benzene rings is 1. The number of hydrogen-bond donors (Lipinski definition) is 1. The molecule has 25 heavy (non-hydrogen) atoms. The van der Waals surface area contributed by atoms with Crippen molar-refractivity contribution in [3.05, 3.63) is 34.8 Å². The van der Waals surface area contributed by atoms with Crippen molar-refractivity contribution in [3.63, 3.8) is 0 Å². The molecule has 1 saturated heterocycles. The fourth-order valence-electron chi connectivity index (χ4n) is 3.11. The molecule has 1 aliphatic heterocycles. The number of anilines is 2. The van der Waals surface area contributed by atoms with Gasteiger partial charge in [0.2, 0.25) is 11.0 Å². The van der Waals surface area contributed by atoms with E-state index in [1.165, 1.54) is 22.6 Å². The first-order valence-electron chi connectivity index (χ1n) is 8.73. The van der Waals surface area contributed by atoms with Gasteiger partial charge in [-0.2, -0.15) is 0 Å².